The first-order chi connectivity index (χ1) is 22.6. The van der Waals surface area contributed by atoms with Crippen LogP contribution in [-0.4, -0.2) is 63.5 Å². The molecule has 0 bridgehead atoms. The second-order valence-corrected chi connectivity index (χ2v) is 12.1. The summed E-state index contributed by atoms with van der Waals surface area (Å²) in [4.78, 5) is 18.2. The molecule has 0 spiro atoms. The lowest BCUT2D eigenvalue weighted by molar-refractivity contribution is -0.113. The number of hydrogen-bond acceptors (Lipinski definition) is 6. The topological polar surface area (TPSA) is 63.3 Å². The van der Waals surface area contributed by atoms with E-state index in [1.54, 1.807) is 0 Å². The average molecular weight is 624 g/mol. The maximum atomic E-state index is 13.5. The van der Waals surface area contributed by atoms with Crippen molar-refractivity contribution in [3.05, 3.63) is 108 Å². The predicted molar refractivity (Wildman–Crippen MR) is 187 cm³/mol. The van der Waals surface area contributed by atoms with Gasteiger partial charge in [0.05, 0.1) is 6.61 Å². The van der Waals surface area contributed by atoms with Crippen molar-refractivity contribution < 1.29 is 19.0 Å². The van der Waals surface area contributed by atoms with E-state index in [1.165, 1.54) is 5.56 Å². The molecular weight excluding hydrogens is 574 g/mol. The van der Waals surface area contributed by atoms with Crippen LogP contribution in [0.1, 0.15) is 56.6 Å². The van der Waals surface area contributed by atoms with Crippen LogP contribution in [-0.2, 0) is 20.8 Å². The number of carbonyl (C=O) groups is 1. The molecule has 244 valence electrons. The molecule has 3 aromatic carbocycles. The largest absolute Gasteiger partial charge is 0.491 e. The van der Waals surface area contributed by atoms with Crippen LogP contribution >= 0.6 is 0 Å². The molecule has 1 N–H and O–H groups in total. The summed E-state index contributed by atoms with van der Waals surface area (Å²) in [7, 11) is 2.18. The van der Waals surface area contributed by atoms with Gasteiger partial charge in [-0.2, -0.15) is 0 Å². The van der Waals surface area contributed by atoms with Crippen molar-refractivity contribution in [3.63, 3.8) is 0 Å². The van der Waals surface area contributed by atoms with Crippen LogP contribution in [0, 0.1) is 0 Å². The Kier molecular flexibility index (Phi) is 12.9. The number of nitrogens with one attached hydrogen (secondary N) is 1. The number of benzene rings is 3. The SMILES string of the molecule is CCCCOCCOc1ccc(C2=CC=C(C(=O)Nc3ccc(CN(C)C4CCOCC4)cc3)CCCN2c2ccccc2)cc1. The molecule has 0 saturated carbocycles. The third-order valence-electron chi connectivity index (χ3n) is 8.67. The first-order valence-electron chi connectivity index (χ1n) is 16.8. The summed E-state index contributed by atoms with van der Waals surface area (Å²) in [5, 5.41) is 3.14. The van der Waals surface area contributed by atoms with E-state index in [0.29, 0.717) is 25.7 Å². The molecule has 7 heteroatoms. The number of ether oxygens (including phenoxy) is 3. The Morgan fingerprint density at radius 2 is 1.70 bits per heavy atom. The highest BCUT2D eigenvalue weighted by Crippen LogP contribution is 2.30. The smallest absolute Gasteiger partial charge is 0.251 e. The third kappa shape index (κ3) is 9.79. The van der Waals surface area contributed by atoms with Crippen LogP contribution in [0.5, 0.6) is 5.75 Å². The van der Waals surface area contributed by atoms with Crippen molar-refractivity contribution in [1.82, 2.24) is 4.90 Å². The number of allylic oxidation sites excluding steroid dienone is 2. The highest BCUT2D eigenvalue weighted by atomic mass is 16.5. The number of hydrogen-bond donors (Lipinski definition) is 1. The van der Waals surface area contributed by atoms with E-state index in [9.17, 15) is 4.79 Å². The van der Waals surface area contributed by atoms with Gasteiger partial charge in [-0.05, 0) is 105 Å². The summed E-state index contributed by atoms with van der Waals surface area (Å²) >= 11 is 0. The fraction of sp³-hybridized carbons (Fsp3) is 0.410. The molecule has 0 aliphatic carbocycles. The van der Waals surface area contributed by atoms with Gasteiger partial charge in [0.1, 0.15) is 12.4 Å². The number of carbonyl (C=O) groups excluding carboxylic acids is 1. The van der Waals surface area contributed by atoms with Crippen molar-refractivity contribution in [1.29, 1.82) is 0 Å². The van der Waals surface area contributed by atoms with E-state index in [0.717, 1.165) is 99.0 Å². The van der Waals surface area contributed by atoms with Gasteiger partial charge >= 0.3 is 0 Å². The quantitative estimate of drug-likeness (QED) is 0.186. The summed E-state index contributed by atoms with van der Waals surface area (Å²) in [6, 6.07) is 27.4. The molecule has 2 heterocycles. The second-order valence-electron chi connectivity index (χ2n) is 12.1. The van der Waals surface area contributed by atoms with Crippen molar-refractivity contribution in [2.45, 2.75) is 58.0 Å². The van der Waals surface area contributed by atoms with Crippen molar-refractivity contribution >= 4 is 23.0 Å². The van der Waals surface area contributed by atoms with Gasteiger partial charge in [0.25, 0.3) is 5.91 Å². The molecule has 7 nitrogen and oxygen atoms in total. The van der Waals surface area contributed by atoms with Gasteiger partial charge in [0, 0.05) is 61.6 Å². The normalized spacial score (nSPS) is 15.9. The molecule has 1 fully saturated rings. The summed E-state index contributed by atoms with van der Waals surface area (Å²) in [6.45, 7) is 7.41. The summed E-state index contributed by atoms with van der Waals surface area (Å²) in [6.07, 6.45) is 9.96. The molecule has 46 heavy (non-hydrogen) atoms. The highest BCUT2D eigenvalue weighted by molar-refractivity contribution is 6.04. The fourth-order valence-electron chi connectivity index (χ4n) is 5.95. The molecule has 2 aliphatic rings. The number of nitrogens with zero attached hydrogens (tertiary/aromatic N) is 2. The minimum absolute atomic E-state index is 0.0549. The standard InChI is InChI=1S/C39H49N3O4/c1-3-4-25-44-28-29-46-37-19-14-32(15-20-37)38-21-16-33(9-8-24-42(38)36-10-6-5-7-11-36)39(43)40-34-17-12-31(13-18-34)30-41(2)35-22-26-45-27-23-35/h5-7,10-21,35H,3-4,8-9,22-30H2,1-2H3,(H,40,43). The number of unbranched alkanes of at least 4 members (excludes halogenated alkanes) is 1. The Balaban J connectivity index is 1.26. The number of anilines is 2. The molecule has 0 aromatic heterocycles. The third-order valence-corrected chi connectivity index (χ3v) is 8.67. The first-order valence-corrected chi connectivity index (χ1v) is 16.8. The summed E-state index contributed by atoms with van der Waals surface area (Å²) in [5.74, 6) is 0.762. The Labute approximate surface area is 274 Å². The van der Waals surface area contributed by atoms with Gasteiger partial charge in [-0.1, -0.05) is 49.8 Å². The minimum atomic E-state index is -0.0549. The van der Waals surface area contributed by atoms with Crippen LogP contribution in [0.4, 0.5) is 11.4 Å². The van der Waals surface area contributed by atoms with E-state index < -0.39 is 0 Å². The van der Waals surface area contributed by atoms with Gasteiger partial charge in [-0.3, -0.25) is 9.69 Å². The van der Waals surface area contributed by atoms with E-state index >= 15 is 0 Å². The van der Waals surface area contributed by atoms with E-state index in [-0.39, 0.29) is 5.91 Å². The van der Waals surface area contributed by atoms with Crippen LogP contribution in [0.3, 0.4) is 0 Å². The molecule has 1 saturated heterocycles. The van der Waals surface area contributed by atoms with E-state index in [1.807, 2.05) is 36.4 Å². The Morgan fingerprint density at radius 1 is 0.935 bits per heavy atom. The van der Waals surface area contributed by atoms with Crippen LogP contribution in [0.15, 0.2) is 96.6 Å². The second kappa shape index (κ2) is 17.7. The van der Waals surface area contributed by atoms with Gasteiger partial charge < -0.3 is 24.4 Å². The predicted octanol–water partition coefficient (Wildman–Crippen LogP) is 7.70. The zero-order valence-corrected chi connectivity index (χ0v) is 27.5. The van der Waals surface area contributed by atoms with E-state index in [2.05, 4.69) is 83.7 Å². The monoisotopic (exact) mass is 623 g/mol. The molecule has 0 unspecified atom stereocenters. The molecule has 0 radical (unpaired) electrons. The van der Waals surface area contributed by atoms with Gasteiger partial charge in [-0.25, -0.2) is 0 Å². The lowest BCUT2D eigenvalue weighted by atomic mass is 10.0. The lowest BCUT2D eigenvalue weighted by Gasteiger charge is -2.31. The molecule has 5 rings (SSSR count). The van der Waals surface area contributed by atoms with Crippen molar-refractivity contribution in [3.8, 4) is 5.75 Å². The lowest BCUT2D eigenvalue weighted by Crippen LogP contribution is -2.36. The zero-order valence-electron chi connectivity index (χ0n) is 27.5. The van der Waals surface area contributed by atoms with Crippen LogP contribution in [0.25, 0.3) is 5.70 Å². The van der Waals surface area contributed by atoms with Crippen molar-refractivity contribution in [2.75, 3.05) is 56.8 Å². The van der Waals surface area contributed by atoms with Gasteiger partial charge in [0.2, 0.25) is 0 Å². The average Bonchev–Trinajstić information content (AvgIpc) is 3.08. The van der Waals surface area contributed by atoms with Crippen molar-refractivity contribution in [2.24, 2.45) is 0 Å². The maximum absolute atomic E-state index is 13.5. The number of rotatable bonds is 14. The molecule has 3 aromatic rings. The van der Waals surface area contributed by atoms with E-state index in [4.69, 9.17) is 14.2 Å². The Bertz CT molecular complexity index is 1410. The first kappa shape index (κ1) is 33.5. The van der Waals surface area contributed by atoms with Gasteiger partial charge in [0.15, 0.2) is 0 Å². The number of para-hydroxylation sites is 1. The molecule has 2 aliphatic heterocycles. The minimum Gasteiger partial charge on any atom is -0.491 e. The summed E-state index contributed by atoms with van der Waals surface area (Å²) < 4.78 is 17.1. The Morgan fingerprint density at radius 3 is 2.43 bits per heavy atom. The summed E-state index contributed by atoms with van der Waals surface area (Å²) in [5.41, 5.74) is 6.06. The number of amides is 1. The zero-order chi connectivity index (χ0) is 32.0. The van der Waals surface area contributed by atoms with Crippen LogP contribution in [0.2, 0.25) is 0 Å². The Hall–Kier alpha value is -3.91. The highest BCUT2D eigenvalue weighted by Gasteiger charge is 2.20. The van der Waals surface area contributed by atoms with Crippen LogP contribution < -0.4 is 15.0 Å². The molecule has 0 atom stereocenters. The maximum Gasteiger partial charge on any atom is 0.251 e. The molecule has 1 amide bonds. The van der Waals surface area contributed by atoms with Gasteiger partial charge in [-0.15, -0.1) is 0 Å². The molecular formula is C39H49N3O4. The fourth-order valence-corrected chi connectivity index (χ4v) is 5.95.